The van der Waals surface area contributed by atoms with E-state index in [0.29, 0.717) is 24.0 Å². The summed E-state index contributed by atoms with van der Waals surface area (Å²) in [4.78, 5) is 18.3. The zero-order valence-corrected chi connectivity index (χ0v) is 15.6. The molecule has 1 aliphatic rings. The summed E-state index contributed by atoms with van der Waals surface area (Å²) in [6.07, 6.45) is 3.13. The van der Waals surface area contributed by atoms with Crippen molar-refractivity contribution in [2.45, 2.75) is 18.9 Å². The Hall–Kier alpha value is -3.37. The maximum atomic E-state index is 13.7. The molecule has 7 heteroatoms. The number of halogens is 2. The molecule has 0 aliphatic carbocycles. The van der Waals surface area contributed by atoms with E-state index < -0.39 is 17.7 Å². The Morgan fingerprint density at radius 2 is 1.90 bits per heavy atom. The first-order valence-corrected chi connectivity index (χ1v) is 9.16. The van der Waals surface area contributed by atoms with Gasteiger partial charge in [-0.3, -0.25) is 4.79 Å². The Bertz CT molecular complexity index is 971. The highest BCUT2D eigenvalue weighted by Gasteiger charge is 2.22. The summed E-state index contributed by atoms with van der Waals surface area (Å²) >= 11 is 0. The highest BCUT2D eigenvalue weighted by atomic mass is 19.1. The number of hydrogen-bond acceptors (Lipinski definition) is 5. The van der Waals surface area contributed by atoms with E-state index in [1.807, 2.05) is 0 Å². The van der Waals surface area contributed by atoms with Crippen molar-refractivity contribution < 1.29 is 18.4 Å². The van der Waals surface area contributed by atoms with E-state index in [9.17, 15) is 13.6 Å². The van der Waals surface area contributed by atoms with Crippen molar-refractivity contribution in [2.75, 3.05) is 13.1 Å². The van der Waals surface area contributed by atoms with E-state index in [1.54, 1.807) is 6.07 Å². The summed E-state index contributed by atoms with van der Waals surface area (Å²) in [5.74, 6) is -1.47. The van der Waals surface area contributed by atoms with Crippen LogP contribution in [0, 0.1) is 23.0 Å². The number of nitriles is 1. The second kappa shape index (κ2) is 9.71. The minimum absolute atomic E-state index is 0.180. The van der Waals surface area contributed by atoms with Crippen molar-refractivity contribution in [1.82, 2.24) is 5.32 Å². The first-order chi connectivity index (χ1) is 14.1. The van der Waals surface area contributed by atoms with Crippen LogP contribution in [0.4, 0.5) is 8.78 Å². The van der Waals surface area contributed by atoms with Crippen molar-refractivity contribution in [3.8, 4) is 6.07 Å². The van der Waals surface area contributed by atoms with Crippen molar-refractivity contribution >= 4 is 17.6 Å². The maximum absolute atomic E-state index is 13.7. The van der Waals surface area contributed by atoms with E-state index in [2.05, 4.69) is 10.5 Å². The molecule has 29 heavy (non-hydrogen) atoms. The summed E-state index contributed by atoms with van der Waals surface area (Å²) in [6, 6.07) is 11.2. The fraction of sp³-hybridized carbons (Fsp3) is 0.227. The van der Waals surface area contributed by atoms with Gasteiger partial charge in [0.2, 0.25) is 11.9 Å². The predicted octanol–water partition coefficient (Wildman–Crippen LogP) is 3.92. The molecule has 0 radical (unpaired) electrons. The summed E-state index contributed by atoms with van der Waals surface area (Å²) in [7, 11) is 0. The van der Waals surface area contributed by atoms with Crippen LogP contribution in [0.25, 0.3) is 6.08 Å². The molecule has 1 saturated heterocycles. The molecule has 1 heterocycles. The summed E-state index contributed by atoms with van der Waals surface area (Å²) in [5, 5.41) is 16.4. The normalized spacial score (nSPS) is 15.0. The molecule has 1 unspecified atom stereocenters. The lowest BCUT2D eigenvalue weighted by atomic mass is 10.0. The first kappa shape index (κ1) is 20.4. The fourth-order valence-electron chi connectivity index (χ4n) is 2.84. The van der Waals surface area contributed by atoms with Gasteiger partial charge in [-0.1, -0.05) is 29.4 Å². The summed E-state index contributed by atoms with van der Waals surface area (Å²) in [6.45, 7) is 1.56. The highest BCUT2D eigenvalue weighted by molar-refractivity contribution is 5.97. The third-order valence-electron chi connectivity index (χ3n) is 4.45. The third kappa shape index (κ3) is 5.56. The number of carbonyl (C=O) groups is 1. The topological polar surface area (TPSA) is 74.5 Å². The Balaban J connectivity index is 1.85. The van der Waals surface area contributed by atoms with Crippen LogP contribution < -0.4 is 5.32 Å². The zero-order chi connectivity index (χ0) is 20.6. The molecule has 1 aliphatic heterocycles. The standard InChI is InChI=1S/C22H19F2N3O2/c23-18-5-1-15(2-6-18)3-8-21(28)22(29-27-19-9-11-26-12-10-19)16-4-7-20(24)17(13-16)14-25/h1-8,13,22,26H,9-12H2. The molecule has 0 aromatic heterocycles. The molecule has 0 saturated carbocycles. The number of carbonyl (C=O) groups excluding carboxylic acids is 1. The lowest BCUT2D eigenvalue weighted by Gasteiger charge is -2.17. The summed E-state index contributed by atoms with van der Waals surface area (Å²) in [5.41, 5.74) is 1.61. The van der Waals surface area contributed by atoms with E-state index in [-0.39, 0.29) is 11.4 Å². The molecule has 5 nitrogen and oxygen atoms in total. The summed E-state index contributed by atoms with van der Waals surface area (Å²) < 4.78 is 26.7. The van der Waals surface area contributed by atoms with Gasteiger partial charge in [0.15, 0.2) is 0 Å². The number of oxime groups is 1. The molecule has 0 amide bonds. The minimum Gasteiger partial charge on any atom is -0.379 e. The Labute approximate surface area is 167 Å². The van der Waals surface area contributed by atoms with Gasteiger partial charge in [0.05, 0.1) is 11.3 Å². The number of nitrogens with one attached hydrogen (secondary N) is 1. The van der Waals surface area contributed by atoms with Gasteiger partial charge in [0.1, 0.15) is 17.7 Å². The van der Waals surface area contributed by atoms with Crippen LogP contribution in [-0.4, -0.2) is 24.6 Å². The Morgan fingerprint density at radius 1 is 1.17 bits per heavy atom. The Kier molecular flexibility index (Phi) is 6.82. The van der Waals surface area contributed by atoms with Crippen LogP contribution >= 0.6 is 0 Å². The van der Waals surface area contributed by atoms with Crippen LogP contribution in [0.3, 0.4) is 0 Å². The average Bonchev–Trinajstić information content (AvgIpc) is 2.75. The van der Waals surface area contributed by atoms with Crippen LogP contribution in [0.2, 0.25) is 0 Å². The molecular weight excluding hydrogens is 376 g/mol. The number of ketones is 1. The molecule has 2 aromatic rings. The van der Waals surface area contributed by atoms with Crippen LogP contribution in [0.1, 0.15) is 35.6 Å². The smallest absolute Gasteiger partial charge is 0.214 e. The first-order valence-electron chi connectivity index (χ1n) is 9.16. The van der Waals surface area contributed by atoms with Crippen LogP contribution in [0.15, 0.2) is 53.7 Å². The minimum atomic E-state index is -1.12. The third-order valence-corrected chi connectivity index (χ3v) is 4.45. The molecule has 2 aromatic carbocycles. The highest BCUT2D eigenvalue weighted by Crippen LogP contribution is 2.23. The number of rotatable bonds is 6. The molecule has 0 bridgehead atoms. The van der Waals surface area contributed by atoms with E-state index in [4.69, 9.17) is 10.1 Å². The van der Waals surface area contributed by atoms with Crippen molar-refractivity contribution in [3.05, 3.63) is 76.9 Å². The van der Waals surface area contributed by atoms with E-state index in [0.717, 1.165) is 24.9 Å². The van der Waals surface area contributed by atoms with Gasteiger partial charge in [-0.2, -0.15) is 5.26 Å². The van der Waals surface area contributed by atoms with Crippen molar-refractivity contribution in [1.29, 1.82) is 5.26 Å². The van der Waals surface area contributed by atoms with Crippen LogP contribution in [-0.2, 0) is 9.63 Å². The van der Waals surface area contributed by atoms with Gasteiger partial charge >= 0.3 is 0 Å². The van der Waals surface area contributed by atoms with E-state index in [1.165, 1.54) is 48.6 Å². The van der Waals surface area contributed by atoms with E-state index >= 15 is 0 Å². The van der Waals surface area contributed by atoms with Gasteiger partial charge in [-0.15, -0.1) is 0 Å². The Morgan fingerprint density at radius 3 is 2.59 bits per heavy atom. The predicted molar refractivity (Wildman–Crippen MR) is 105 cm³/mol. The maximum Gasteiger partial charge on any atom is 0.214 e. The SMILES string of the molecule is N#Cc1cc(C(ON=C2CCNCC2)C(=O)C=Cc2ccc(F)cc2)ccc1F. The van der Waals surface area contributed by atoms with Gasteiger partial charge < -0.3 is 10.2 Å². The average molecular weight is 395 g/mol. The van der Waals surface area contributed by atoms with Crippen LogP contribution in [0.5, 0.6) is 0 Å². The second-order valence-electron chi connectivity index (χ2n) is 6.53. The molecule has 3 rings (SSSR count). The monoisotopic (exact) mass is 395 g/mol. The fourth-order valence-corrected chi connectivity index (χ4v) is 2.84. The number of piperidine rings is 1. The number of hydrogen-bond donors (Lipinski definition) is 1. The second-order valence-corrected chi connectivity index (χ2v) is 6.53. The van der Waals surface area contributed by atoms with Crippen molar-refractivity contribution in [2.24, 2.45) is 5.16 Å². The van der Waals surface area contributed by atoms with Gasteiger partial charge in [0, 0.05) is 31.5 Å². The van der Waals surface area contributed by atoms with Gasteiger partial charge in [-0.05, 0) is 35.9 Å². The lowest BCUT2D eigenvalue weighted by Crippen LogP contribution is -2.28. The quantitative estimate of drug-likeness (QED) is 0.594. The van der Waals surface area contributed by atoms with Gasteiger partial charge in [-0.25, -0.2) is 8.78 Å². The number of benzene rings is 2. The van der Waals surface area contributed by atoms with Crippen molar-refractivity contribution in [3.63, 3.8) is 0 Å². The lowest BCUT2D eigenvalue weighted by molar-refractivity contribution is -0.126. The molecule has 1 N–H and O–H groups in total. The largest absolute Gasteiger partial charge is 0.379 e. The van der Waals surface area contributed by atoms with Gasteiger partial charge in [0.25, 0.3) is 0 Å². The number of nitrogens with zero attached hydrogens (tertiary/aromatic N) is 2. The molecule has 1 fully saturated rings. The molecule has 1 atom stereocenters. The zero-order valence-electron chi connectivity index (χ0n) is 15.6. The molecule has 0 spiro atoms. The molecular formula is C22H19F2N3O2. The molecule has 148 valence electrons.